The molecule has 2 atom stereocenters. The van der Waals surface area contributed by atoms with Gasteiger partial charge in [0, 0.05) is 36.8 Å². The minimum absolute atomic E-state index is 0.281. The maximum Gasteiger partial charge on any atom is 0.187 e. The zero-order valence-electron chi connectivity index (χ0n) is 17.2. The van der Waals surface area contributed by atoms with Crippen molar-refractivity contribution in [1.29, 1.82) is 0 Å². The number of nitrogens with zero attached hydrogens (tertiary/aromatic N) is 5. The van der Waals surface area contributed by atoms with Gasteiger partial charge in [-0.25, -0.2) is 4.98 Å². The number of nitrogens with two attached hydrogens (primary N) is 1. The van der Waals surface area contributed by atoms with Crippen LogP contribution in [0.5, 0.6) is 0 Å². The summed E-state index contributed by atoms with van der Waals surface area (Å²) in [7, 11) is 0. The number of hydrogen-bond acceptors (Lipinski definition) is 5. The Hall–Kier alpha value is -2.83. The van der Waals surface area contributed by atoms with E-state index in [0.717, 1.165) is 53.5 Å². The van der Waals surface area contributed by atoms with E-state index >= 15 is 0 Å². The van der Waals surface area contributed by atoms with Gasteiger partial charge in [0.2, 0.25) is 0 Å². The van der Waals surface area contributed by atoms with E-state index in [4.69, 9.17) is 10.7 Å². The molecule has 0 radical (unpaired) electrons. The molecule has 1 aliphatic heterocycles. The number of likely N-dealkylation sites (tertiary alicyclic amines) is 1. The van der Waals surface area contributed by atoms with Gasteiger partial charge in [-0.05, 0) is 61.4 Å². The first kappa shape index (κ1) is 18.0. The fourth-order valence-electron chi connectivity index (χ4n) is 4.64. The predicted molar refractivity (Wildman–Crippen MR) is 118 cm³/mol. The van der Waals surface area contributed by atoms with Gasteiger partial charge >= 0.3 is 0 Å². The van der Waals surface area contributed by atoms with Gasteiger partial charge in [0.1, 0.15) is 5.69 Å². The van der Waals surface area contributed by atoms with Gasteiger partial charge in [-0.1, -0.05) is 24.3 Å². The van der Waals surface area contributed by atoms with Crippen LogP contribution in [-0.4, -0.2) is 43.6 Å². The van der Waals surface area contributed by atoms with Crippen molar-refractivity contribution in [3.05, 3.63) is 59.8 Å². The lowest BCUT2D eigenvalue weighted by atomic mass is 10.1. The van der Waals surface area contributed by atoms with Gasteiger partial charge in [-0.3, -0.25) is 9.30 Å². The highest BCUT2D eigenvalue weighted by Crippen LogP contribution is 2.40. The Morgan fingerprint density at radius 3 is 2.70 bits per heavy atom. The number of benzene rings is 1. The van der Waals surface area contributed by atoms with E-state index in [1.165, 1.54) is 24.0 Å². The van der Waals surface area contributed by atoms with E-state index in [-0.39, 0.29) is 6.04 Å². The fourth-order valence-corrected chi connectivity index (χ4v) is 4.64. The van der Waals surface area contributed by atoms with Gasteiger partial charge in [0.05, 0.1) is 5.52 Å². The molecule has 3 aromatic heterocycles. The van der Waals surface area contributed by atoms with Crippen LogP contribution in [0.2, 0.25) is 0 Å². The van der Waals surface area contributed by atoms with Gasteiger partial charge in [-0.15, -0.1) is 10.2 Å². The molecule has 2 N–H and O–H groups in total. The van der Waals surface area contributed by atoms with E-state index in [9.17, 15) is 0 Å². The Bertz CT molecular complexity index is 1240. The van der Waals surface area contributed by atoms with Crippen LogP contribution < -0.4 is 5.73 Å². The number of aromatic nitrogens is 4. The first-order chi connectivity index (χ1) is 14.7. The van der Waals surface area contributed by atoms with E-state index in [1.54, 1.807) is 0 Å². The lowest BCUT2D eigenvalue weighted by molar-refractivity contribution is 0.259. The van der Waals surface area contributed by atoms with Crippen molar-refractivity contribution in [1.82, 2.24) is 24.5 Å². The second kappa shape index (κ2) is 6.86. The molecule has 1 aliphatic carbocycles. The second-order valence-electron chi connectivity index (χ2n) is 8.86. The molecular formula is C24H26N6. The molecule has 0 bridgehead atoms. The van der Waals surface area contributed by atoms with Crippen molar-refractivity contribution in [2.24, 2.45) is 5.73 Å². The Morgan fingerprint density at radius 2 is 1.90 bits per heavy atom. The molecule has 6 heteroatoms. The monoisotopic (exact) mass is 398 g/mol. The van der Waals surface area contributed by atoms with Crippen molar-refractivity contribution in [3.63, 3.8) is 0 Å². The summed E-state index contributed by atoms with van der Waals surface area (Å²) >= 11 is 0. The molecule has 4 aromatic rings. The molecule has 1 saturated carbocycles. The van der Waals surface area contributed by atoms with Gasteiger partial charge < -0.3 is 5.73 Å². The summed E-state index contributed by atoms with van der Waals surface area (Å²) in [5.74, 6) is 1.51. The van der Waals surface area contributed by atoms with Crippen LogP contribution in [0.15, 0.2) is 48.7 Å². The van der Waals surface area contributed by atoms with E-state index in [2.05, 4.69) is 63.0 Å². The Balaban J connectivity index is 1.40. The Morgan fingerprint density at radius 1 is 1.03 bits per heavy atom. The maximum atomic E-state index is 6.12. The van der Waals surface area contributed by atoms with Crippen molar-refractivity contribution >= 4 is 16.6 Å². The third-order valence-electron chi connectivity index (χ3n) is 6.71. The van der Waals surface area contributed by atoms with Gasteiger partial charge in [0.25, 0.3) is 0 Å². The van der Waals surface area contributed by atoms with E-state index in [1.807, 2.05) is 12.1 Å². The van der Waals surface area contributed by atoms with Crippen molar-refractivity contribution in [2.75, 3.05) is 13.1 Å². The topological polar surface area (TPSA) is 72.3 Å². The quantitative estimate of drug-likeness (QED) is 0.564. The van der Waals surface area contributed by atoms with Crippen molar-refractivity contribution < 1.29 is 0 Å². The van der Waals surface area contributed by atoms with Gasteiger partial charge in [0.15, 0.2) is 11.5 Å². The average molecular weight is 399 g/mol. The smallest absolute Gasteiger partial charge is 0.187 e. The molecule has 0 amide bonds. The molecule has 152 valence electrons. The zero-order valence-corrected chi connectivity index (χ0v) is 17.2. The largest absolute Gasteiger partial charge is 0.326 e. The van der Waals surface area contributed by atoms with Crippen molar-refractivity contribution in [2.45, 2.75) is 44.2 Å². The molecule has 4 heterocycles. The number of fused-ring (bicyclic) bond motifs is 2. The Kier molecular flexibility index (Phi) is 4.11. The molecule has 1 aromatic carbocycles. The highest BCUT2D eigenvalue weighted by atomic mass is 15.3. The lowest BCUT2D eigenvalue weighted by Crippen LogP contribution is -2.28. The van der Waals surface area contributed by atoms with Crippen LogP contribution in [0.3, 0.4) is 0 Å². The number of hydrogen-bond donors (Lipinski definition) is 1. The van der Waals surface area contributed by atoms with Crippen molar-refractivity contribution in [3.8, 4) is 11.5 Å². The molecular weight excluding hydrogens is 372 g/mol. The van der Waals surface area contributed by atoms with Crippen LogP contribution in [0.25, 0.3) is 28.1 Å². The summed E-state index contributed by atoms with van der Waals surface area (Å²) < 4.78 is 2.07. The number of pyridine rings is 2. The molecule has 0 spiro atoms. The summed E-state index contributed by atoms with van der Waals surface area (Å²) in [5, 5.41) is 10.0. The Labute approximate surface area is 175 Å². The summed E-state index contributed by atoms with van der Waals surface area (Å²) in [4.78, 5) is 7.40. The molecule has 0 unspecified atom stereocenters. The molecule has 1 saturated heterocycles. The third-order valence-corrected chi connectivity index (χ3v) is 6.71. The fraction of sp³-hybridized carbons (Fsp3) is 0.375. The minimum atomic E-state index is 0.281. The lowest BCUT2D eigenvalue weighted by Gasteiger charge is -2.24. The SMILES string of the molecule is C[C@@H](c1ccc2nnc(-c3ccc4ccc(C5CC5)cc4n3)n2c1)N1CC[C@@H](N)C1. The molecule has 30 heavy (non-hydrogen) atoms. The average Bonchev–Trinajstić information content (AvgIpc) is 3.40. The van der Waals surface area contributed by atoms with E-state index in [0.29, 0.717) is 6.04 Å². The zero-order chi connectivity index (χ0) is 20.2. The molecule has 2 aliphatic rings. The first-order valence-corrected chi connectivity index (χ1v) is 10.9. The maximum absolute atomic E-state index is 6.12. The molecule has 2 fully saturated rings. The summed E-state index contributed by atoms with van der Waals surface area (Å²) in [6, 6.07) is 15.6. The summed E-state index contributed by atoms with van der Waals surface area (Å²) in [6.07, 6.45) is 5.81. The van der Waals surface area contributed by atoms with Crippen LogP contribution in [0.4, 0.5) is 0 Å². The highest BCUT2D eigenvalue weighted by Gasteiger charge is 2.25. The first-order valence-electron chi connectivity index (χ1n) is 10.9. The van der Waals surface area contributed by atoms with Crippen LogP contribution in [0, 0.1) is 0 Å². The normalized spacial score (nSPS) is 20.9. The summed E-state index contributed by atoms with van der Waals surface area (Å²) in [5.41, 5.74) is 11.5. The second-order valence-corrected chi connectivity index (χ2v) is 8.86. The third kappa shape index (κ3) is 3.07. The minimum Gasteiger partial charge on any atom is -0.326 e. The van der Waals surface area contributed by atoms with E-state index < -0.39 is 0 Å². The van der Waals surface area contributed by atoms with Crippen LogP contribution in [0.1, 0.15) is 49.3 Å². The standard InChI is InChI=1S/C24H26N6/c1-15(29-11-10-20(25)14-29)19-7-9-23-27-28-24(30(23)13-19)21-8-6-17-4-5-18(16-2-3-16)12-22(17)26-21/h4-9,12-13,15-16,20H,2-3,10-11,14,25H2,1H3/t15-,20+/m0/s1. The molecule has 6 rings (SSSR count). The number of rotatable bonds is 4. The highest BCUT2D eigenvalue weighted by molar-refractivity contribution is 5.82. The molecule has 6 nitrogen and oxygen atoms in total. The predicted octanol–water partition coefficient (Wildman–Crippen LogP) is 3.92. The van der Waals surface area contributed by atoms with Gasteiger partial charge in [-0.2, -0.15) is 0 Å². The van der Waals surface area contributed by atoms with Crippen LogP contribution in [-0.2, 0) is 0 Å². The van der Waals surface area contributed by atoms with Crippen LogP contribution >= 0.6 is 0 Å². The summed E-state index contributed by atoms with van der Waals surface area (Å²) in [6.45, 7) is 4.24.